The number of carbonyl (C=O) groups excluding carboxylic acids is 3. The Morgan fingerprint density at radius 2 is 0.750 bits per heavy atom. The summed E-state index contributed by atoms with van der Waals surface area (Å²) in [6.45, 7) is 2.00. The van der Waals surface area contributed by atoms with Gasteiger partial charge in [-0.2, -0.15) is 0 Å². The van der Waals surface area contributed by atoms with Gasteiger partial charge >= 0.3 is 75.5 Å². The fraction of sp³-hybridized carbons (Fsp3) is 0. The van der Waals surface area contributed by atoms with Crippen molar-refractivity contribution in [2.75, 3.05) is 0 Å². The Morgan fingerprint density at radius 3 is 0.750 bits per heavy atom. The molecule has 0 amide bonds. The van der Waals surface area contributed by atoms with Crippen LogP contribution in [0.15, 0.2) is 0 Å². The van der Waals surface area contributed by atoms with E-state index in [1.54, 1.807) is 0 Å². The molecule has 0 unspecified atom stereocenters. The van der Waals surface area contributed by atoms with Gasteiger partial charge < -0.3 is 34.8 Å². The van der Waals surface area contributed by atoms with Crippen molar-refractivity contribution in [1.82, 2.24) is 0 Å². The minimum absolute atomic E-state index is 0. The van der Waals surface area contributed by atoms with E-state index in [4.69, 9.17) is 34.8 Å². The molecule has 0 aliphatic rings. The summed E-state index contributed by atoms with van der Waals surface area (Å²) in [6.07, 6.45) is -4.67. The van der Waals surface area contributed by atoms with Crippen LogP contribution in [0.3, 0.4) is 0 Å². The molecule has 0 spiro atoms. The van der Waals surface area contributed by atoms with Crippen molar-refractivity contribution in [3.63, 3.8) is 0 Å². The number of rotatable bonds is 0. The predicted octanol–water partition coefficient (Wildman–Crippen LogP) is -5.84. The molecule has 0 aliphatic carbocycles. The van der Waals surface area contributed by atoms with E-state index in [0.29, 0.717) is 0 Å². The molecule has 0 saturated carbocycles. The molecule has 0 aromatic rings. The van der Waals surface area contributed by atoms with Crippen LogP contribution < -0.4 is 20.4 Å². The third-order valence-electron chi connectivity index (χ3n) is 0. The van der Waals surface area contributed by atoms with Gasteiger partial charge in [-0.1, -0.05) is 0 Å². The van der Waals surface area contributed by atoms with Crippen molar-refractivity contribution in [3.05, 3.63) is 0 Å². The van der Waals surface area contributed by atoms with Gasteiger partial charge in [-0.25, -0.2) is 0 Å². The van der Waals surface area contributed by atoms with Crippen molar-refractivity contribution < 1.29 is 34.8 Å². The van der Waals surface area contributed by atoms with Crippen LogP contribution in [-0.2, 0) is 4.79 Å². The number of carboxylic acid groups (broad SMARTS) is 4. The van der Waals surface area contributed by atoms with Gasteiger partial charge in [-0.3, -0.25) is 0 Å². The van der Waals surface area contributed by atoms with Crippen molar-refractivity contribution in [1.29, 1.82) is 0 Å². The van der Waals surface area contributed by atoms with Gasteiger partial charge in [0.25, 0.3) is 0 Å². The zero-order chi connectivity index (χ0) is 9.15. The molecule has 0 N–H and O–H groups in total. The number of hydrogen-bond donors (Lipinski definition) is 0. The Balaban J connectivity index is -0.0000000198. The second-order valence-corrected chi connectivity index (χ2v) is 0.500. The summed E-state index contributed by atoms with van der Waals surface area (Å²) < 4.78 is 0. The average molecular weight is 230 g/mol. The first-order valence-electron chi connectivity index (χ1n) is 1.51. The van der Waals surface area contributed by atoms with Gasteiger partial charge in [-0.05, 0) is 12.3 Å². The molecule has 0 atom stereocenters. The monoisotopic (exact) mass is 230 g/mol. The predicted molar refractivity (Wildman–Crippen MR) is 29.4 cm³/mol. The molecule has 60 valence electrons. The van der Waals surface area contributed by atoms with Crippen LogP contribution in [0.1, 0.15) is 0 Å². The average Bonchev–Trinajstić information content (AvgIpc) is 1.66. The van der Waals surface area contributed by atoms with Gasteiger partial charge in [0.2, 0.25) is 0 Å². The Labute approximate surface area is 127 Å². The normalized spacial score (nSPS) is 4.33. The molecule has 0 aromatic carbocycles. The van der Waals surface area contributed by atoms with E-state index >= 15 is 0 Å². The SMILES string of the molecule is C=O.O=C([O-])[O-].O=C([O-])[O-].[Ca+2].[Ca+2]. The summed E-state index contributed by atoms with van der Waals surface area (Å²) in [5, 5.41) is 33.3. The molecule has 0 fully saturated rings. The Bertz CT molecular complexity index is 84.8. The van der Waals surface area contributed by atoms with Crippen LogP contribution in [0.4, 0.5) is 9.59 Å². The molecule has 0 saturated heterocycles. The third-order valence-corrected chi connectivity index (χ3v) is 0. The van der Waals surface area contributed by atoms with Crippen LogP contribution in [0, 0.1) is 0 Å². The molecule has 7 nitrogen and oxygen atoms in total. The van der Waals surface area contributed by atoms with Gasteiger partial charge in [0.15, 0.2) is 0 Å². The van der Waals surface area contributed by atoms with Gasteiger partial charge in [0, 0.05) is 0 Å². The molecular weight excluding hydrogens is 228 g/mol. The first-order chi connectivity index (χ1) is 4.46. The molecule has 12 heavy (non-hydrogen) atoms. The van der Waals surface area contributed by atoms with E-state index in [2.05, 4.69) is 0 Å². The zero-order valence-electron chi connectivity index (χ0n) is 5.98. The summed E-state index contributed by atoms with van der Waals surface area (Å²) in [5.74, 6) is 0. The minimum atomic E-state index is -2.33. The quantitative estimate of drug-likeness (QED) is 0.377. The smallest absolute Gasteiger partial charge is 0.652 e. The maximum absolute atomic E-state index is 8.33. The van der Waals surface area contributed by atoms with Crippen LogP contribution in [-0.4, -0.2) is 94.6 Å². The van der Waals surface area contributed by atoms with Crippen LogP contribution in [0.25, 0.3) is 0 Å². The fourth-order valence-corrected chi connectivity index (χ4v) is 0. The van der Waals surface area contributed by atoms with E-state index in [-0.39, 0.29) is 75.5 Å². The van der Waals surface area contributed by atoms with E-state index < -0.39 is 12.3 Å². The van der Waals surface area contributed by atoms with Gasteiger partial charge in [-0.15, -0.1) is 0 Å². The number of hydrogen-bond acceptors (Lipinski definition) is 7. The number of carbonyl (C=O) groups is 3. The minimum Gasteiger partial charge on any atom is -0.652 e. The molecule has 0 radical (unpaired) electrons. The third kappa shape index (κ3) is 1910. The van der Waals surface area contributed by atoms with Crippen molar-refractivity contribution >= 4 is 94.6 Å². The Hall–Kier alpha value is 0.729. The Kier molecular flexibility index (Phi) is 72.8. The van der Waals surface area contributed by atoms with Gasteiger partial charge in [0.1, 0.15) is 6.79 Å². The van der Waals surface area contributed by atoms with Crippen LogP contribution in [0.5, 0.6) is 0 Å². The topological polar surface area (TPSA) is 143 Å². The van der Waals surface area contributed by atoms with E-state index in [0.717, 1.165) is 0 Å². The molecule has 0 heterocycles. The molecule has 0 aromatic heterocycles. The summed E-state index contributed by atoms with van der Waals surface area (Å²) in [4.78, 5) is 24.7. The summed E-state index contributed by atoms with van der Waals surface area (Å²) in [5.41, 5.74) is 0. The molecule has 9 heteroatoms. The van der Waals surface area contributed by atoms with Crippen molar-refractivity contribution in [3.8, 4) is 0 Å². The zero-order valence-corrected chi connectivity index (χ0v) is 10.4. The largest absolute Gasteiger partial charge is 2.00 e. The molecule has 0 rings (SSSR count). The fourth-order valence-electron chi connectivity index (χ4n) is 0. The second kappa shape index (κ2) is 29.8. The Morgan fingerprint density at radius 1 is 0.750 bits per heavy atom. The van der Waals surface area contributed by atoms with Gasteiger partial charge in [0.05, 0.1) is 0 Å². The first-order valence-corrected chi connectivity index (χ1v) is 1.51. The van der Waals surface area contributed by atoms with Crippen molar-refractivity contribution in [2.45, 2.75) is 0 Å². The van der Waals surface area contributed by atoms with E-state index in [1.807, 2.05) is 6.79 Å². The summed E-state index contributed by atoms with van der Waals surface area (Å²) >= 11 is 0. The maximum atomic E-state index is 8.33. The molecular formula is C3H2Ca2O7. The first kappa shape index (κ1) is 29.3. The summed E-state index contributed by atoms with van der Waals surface area (Å²) in [7, 11) is 0. The molecule has 0 bridgehead atoms. The van der Waals surface area contributed by atoms with Crippen LogP contribution in [0.2, 0.25) is 0 Å². The van der Waals surface area contributed by atoms with E-state index in [9.17, 15) is 0 Å². The van der Waals surface area contributed by atoms with Crippen molar-refractivity contribution in [2.24, 2.45) is 0 Å². The van der Waals surface area contributed by atoms with Crippen LogP contribution >= 0.6 is 0 Å². The molecule has 0 aliphatic heterocycles. The van der Waals surface area contributed by atoms with E-state index in [1.165, 1.54) is 0 Å². The standard InChI is InChI=1S/2CH2O3.CH2O.2Ca/c2*2-1(3)4;1-2;;/h2*(H2,2,3,4);1H2;;/q;;;2*+2/p-4. The second-order valence-electron chi connectivity index (χ2n) is 0.500. The maximum Gasteiger partial charge on any atom is 2.00 e. The summed E-state index contributed by atoms with van der Waals surface area (Å²) in [6, 6.07) is 0.